The summed E-state index contributed by atoms with van der Waals surface area (Å²) in [6.45, 7) is 20.8. The van der Waals surface area contributed by atoms with Crippen molar-refractivity contribution in [1.82, 2.24) is 4.90 Å². The zero-order chi connectivity index (χ0) is 37.6. The second kappa shape index (κ2) is 18.9. The van der Waals surface area contributed by atoms with Gasteiger partial charge < -0.3 is 38.4 Å². The number of aliphatic hydroxyl groups is 1. The molecule has 11 nitrogen and oxygen atoms in total. The van der Waals surface area contributed by atoms with E-state index in [1.807, 2.05) is 74.4 Å². The lowest BCUT2D eigenvalue weighted by Gasteiger charge is -2.46. The Labute approximate surface area is 301 Å². The van der Waals surface area contributed by atoms with E-state index in [2.05, 4.69) is 13.3 Å². The van der Waals surface area contributed by atoms with Crippen LogP contribution in [0.5, 0.6) is 0 Å². The van der Waals surface area contributed by atoms with Gasteiger partial charge in [0.1, 0.15) is 11.9 Å². The maximum atomic E-state index is 14.1. The topological polar surface area (TPSA) is 130 Å². The first-order chi connectivity index (χ1) is 23.4. The van der Waals surface area contributed by atoms with Crippen LogP contribution in [0.3, 0.4) is 0 Å². The number of cyclic esters (lactones) is 1. The Bertz CT molecular complexity index is 1090. The molecular weight excluding hydrogens is 642 g/mol. The summed E-state index contributed by atoms with van der Waals surface area (Å²) in [5.74, 6) is -3.54. The molecule has 0 aromatic carbocycles. The fraction of sp³-hybridized carbons (Fsp3) is 0.897. The van der Waals surface area contributed by atoms with Gasteiger partial charge in [0.05, 0.1) is 42.5 Å². The molecule has 3 heterocycles. The second-order valence-electron chi connectivity index (χ2n) is 16.1. The average Bonchev–Trinajstić information content (AvgIpc) is 3.03. The Balaban J connectivity index is 2.13. The number of likely N-dealkylation sites (N-methyl/N-ethyl adjacent to an activating group) is 1. The number of carbonyl (C=O) groups excluding carboxylic acids is 3. The number of hydrogen-bond donors (Lipinski definition) is 1. The van der Waals surface area contributed by atoms with Crippen LogP contribution < -0.4 is 0 Å². The first-order valence-electron chi connectivity index (χ1n) is 19.1. The monoisotopic (exact) mass is 710 g/mol. The molecule has 0 bridgehead atoms. The molecular formula is C39H68NO10. The summed E-state index contributed by atoms with van der Waals surface area (Å²) in [6, 6.07) is -0.159. The van der Waals surface area contributed by atoms with Gasteiger partial charge in [-0.1, -0.05) is 54.9 Å². The van der Waals surface area contributed by atoms with Gasteiger partial charge in [-0.3, -0.25) is 14.4 Å². The zero-order valence-electron chi connectivity index (χ0n) is 33.0. The maximum absolute atomic E-state index is 14.1. The van der Waals surface area contributed by atoms with Gasteiger partial charge in [-0.25, -0.2) is 0 Å². The number of hydrogen-bond acceptors (Lipinski definition) is 11. The summed E-state index contributed by atoms with van der Waals surface area (Å²) in [6.07, 6.45) is -0.183. The molecule has 3 aliphatic heterocycles. The Kier molecular flexibility index (Phi) is 16.2. The molecule has 3 rings (SSSR count). The van der Waals surface area contributed by atoms with E-state index in [0.29, 0.717) is 25.7 Å². The van der Waals surface area contributed by atoms with E-state index in [-0.39, 0.29) is 35.9 Å². The molecule has 3 saturated heterocycles. The number of Topliss-reactive ketones (excluding diaryl/α,β-unsaturated/α-hetero) is 1. The van der Waals surface area contributed by atoms with Crippen molar-refractivity contribution >= 4 is 17.7 Å². The number of carbonyl (C=O) groups is 3. The molecule has 0 aromatic rings. The number of ether oxygens (including phenoxy) is 6. The van der Waals surface area contributed by atoms with Gasteiger partial charge in [-0.15, -0.1) is 0 Å². The Hall–Kier alpha value is -1.63. The van der Waals surface area contributed by atoms with Gasteiger partial charge in [0.2, 0.25) is 0 Å². The van der Waals surface area contributed by atoms with Gasteiger partial charge in [-0.2, -0.15) is 0 Å². The highest BCUT2D eigenvalue weighted by molar-refractivity contribution is 5.83. The molecule has 11 heteroatoms. The van der Waals surface area contributed by atoms with E-state index in [4.69, 9.17) is 28.4 Å². The number of esters is 2. The molecule has 4 unspecified atom stereocenters. The third kappa shape index (κ3) is 10.9. The molecule has 0 saturated carbocycles. The standard InChI is InChI=1S/C39H68NO10/c1-14-15-31-25(7)34(43)26(8)33(42)21(3)18-22(4)35(50-39-37(47-29(11)41)30(40(12)13)19-24(6)46-39)27(9)36(28(10)38(44)48-31)49-32-17-20(2)16-23(5)45-32/h16,20-28,30-32,34-37,39,43H,14-15,17-19H2,1-13H3/t20?,21-,22+,23?,24-,25+,26+,27-,28-,30?,31-,32+,34+,35+,36+,37?,39+/m1/s1. The molecule has 0 spiro atoms. The van der Waals surface area contributed by atoms with Crippen molar-refractivity contribution in [3.63, 3.8) is 0 Å². The lowest BCUT2D eigenvalue weighted by atomic mass is 9.76. The van der Waals surface area contributed by atoms with E-state index >= 15 is 0 Å². The second-order valence-corrected chi connectivity index (χ2v) is 16.1. The number of nitrogens with zero attached hydrogens (tertiary/aromatic N) is 1. The maximum Gasteiger partial charge on any atom is 0.311 e. The van der Waals surface area contributed by atoms with Crippen molar-refractivity contribution in [2.24, 2.45) is 41.4 Å². The zero-order valence-corrected chi connectivity index (χ0v) is 33.0. The predicted octanol–water partition coefficient (Wildman–Crippen LogP) is 5.59. The summed E-state index contributed by atoms with van der Waals surface area (Å²) in [5.41, 5.74) is 0. The molecule has 1 N–H and O–H groups in total. The highest BCUT2D eigenvalue weighted by atomic mass is 16.7. The molecule has 0 aromatic heterocycles. The first kappa shape index (κ1) is 42.8. The van der Waals surface area contributed by atoms with Crippen molar-refractivity contribution in [3.8, 4) is 0 Å². The van der Waals surface area contributed by atoms with Crippen LogP contribution in [0.2, 0.25) is 0 Å². The van der Waals surface area contributed by atoms with E-state index in [0.717, 1.165) is 6.42 Å². The minimum Gasteiger partial charge on any atom is -0.462 e. The van der Waals surface area contributed by atoms with Gasteiger partial charge in [0, 0.05) is 37.0 Å². The molecule has 1 radical (unpaired) electrons. The van der Waals surface area contributed by atoms with Crippen molar-refractivity contribution in [3.05, 3.63) is 6.42 Å². The van der Waals surface area contributed by atoms with Gasteiger partial charge >= 0.3 is 11.9 Å². The number of rotatable bonds is 8. The smallest absolute Gasteiger partial charge is 0.311 e. The predicted molar refractivity (Wildman–Crippen MR) is 190 cm³/mol. The highest BCUT2D eigenvalue weighted by Crippen LogP contribution is 2.38. The highest BCUT2D eigenvalue weighted by Gasteiger charge is 2.48. The Morgan fingerprint density at radius 1 is 0.880 bits per heavy atom. The molecule has 289 valence electrons. The van der Waals surface area contributed by atoms with Crippen LogP contribution in [0.1, 0.15) is 108 Å². The van der Waals surface area contributed by atoms with Crippen molar-refractivity contribution in [2.75, 3.05) is 14.1 Å². The molecule has 3 aliphatic rings. The lowest BCUT2D eigenvalue weighted by Crippen LogP contribution is -2.58. The number of ketones is 1. The minimum atomic E-state index is -0.986. The summed E-state index contributed by atoms with van der Waals surface area (Å²) < 4.78 is 38.5. The van der Waals surface area contributed by atoms with Crippen LogP contribution in [0, 0.1) is 47.8 Å². The Morgan fingerprint density at radius 2 is 1.54 bits per heavy atom. The SMILES string of the molecule is CCC[C@H]1OC(=O)[C@H](C)[C@@H](O[C@H]2CC(C)[CH]C(C)O2)[C@H](C)[C@@H](O[C@@H]2O[C@H](C)CC(N(C)C)C2OC(C)=O)[C@@H](C)C[C@@H](C)C(=O)[C@H](C)[C@@H](O)[C@H]1C. The summed E-state index contributed by atoms with van der Waals surface area (Å²) >= 11 is 0. The third-order valence-corrected chi connectivity index (χ3v) is 11.3. The van der Waals surface area contributed by atoms with Crippen LogP contribution >= 0.6 is 0 Å². The summed E-state index contributed by atoms with van der Waals surface area (Å²) in [4.78, 5) is 42.4. The summed E-state index contributed by atoms with van der Waals surface area (Å²) in [5, 5.41) is 11.4. The minimum absolute atomic E-state index is 0.0507. The normalized spacial score (nSPS) is 44.3. The molecule has 17 atom stereocenters. The van der Waals surface area contributed by atoms with Crippen LogP contribution in [-0.2, 0) is 42.8 Å². The quantitative estimate of drug-likeness (QED) is 0.317. The van der Waals surface area contributed by atoms with Gasteiger partial charge in [0.25, 0.3) is 0 Å². The number of aliphatic hydroxyl groups excluding tert-OH is 1. The van der Waals surface area contributed by atoms with E-state index < -0.39 is 84.6 Å². The van der Waals surface area contributed by atoms with Crippen LogP contribution in [-0.4, -0.2) is 103 Å². The van der Waals surface area contributed by atoms with Crippen LogP contribution in [0.25, 0.3) is 0 Å². The van der Waals surface area contributed by atoms with Gasteiger partial charge in [0.15, 0.2) is 18.7 Å². The molecule has 0 amide bonds. The van der Waals surface area contributed by atoms with Crippen molar-refractivity contribution in [1.29, 1.82) is 0 Å². The van der Waals surface area contributed by atoms with Crippen LogP contribution in [0.15, 0.2) is 0 Å². The third-order valence-electron chi connectivity index (χ3n) is 11.3. The first-order valence-corrected chi connectivity index (χ1v) is 19.1. The largest absolute Gasteiger partial charge is 0.462 e. The molecule has 50 heavy (non-hydrogen) atoms. The Morgan fingerprint density at radius 3 is 2.12 bits per heavy atom. The fourth-order valence-electron chi connectivity index (χ4n) is 8.43. The molecule has 3 fully saturated rings. The fourth-order valence-corrected chi connectivity index (χ4v) is 8.43. The van der Waals surface area contributed by atoms with E-state index in [1.165, 1.54) is 6.92 Å². The molecule has 0 aliphatic carbocycles. The summed E-state index contributed by atoms with van der Waals surface area (Å²) in [7, 11) is 3.89. The van der Waals surface area contributed by atoms with Crippen molar-refractivity contribution < 1.29 is 47.9 Å². The average molecular weight is 711 g/mol. The van der Waals surface area contributed by atoms with E-state index in [9.17, 15) is 19.5 Å². The lowest BCUT2D eigenvalue weighted by molar-refractivity contribution is -0.293. The van der Waals surface area contributed by atoms with E-state index in [1.54, 1.807) is 6.92 Å². The van der Waals surface area contributed by atoms with Crippen molar-refractivity contribution in [2.45, 2.75) is 170 Å². The van der Waals surface area contributed by atoms with Gasteiger partial charge in [-0.05, 0) is 72.4 Å². The van der Waals surface area contributed by atoms with Crippen LogP contribution in [0.4, 0.5) is 0 Å².